The number of anilines is 1. The van der Waals surface area contributed by atoms with Crippen molar-refractivity contribution >= 4 is 17.6 Å². The molecular formula is C16H20N2O3. The van der Waals surface area contributed by atoms with Gasteiger partial charge in [-0.15, -0.1) is 0 Å². The molecule has 5 nitrogen and oxygen atoms in total. The van der Waals surface area contributed by atoms with Crippen molar-refractivity contribution in [2.45, 2.75) is 25.2 Å². The number of carboxylic acids is 1. The van der Waals surface area contributed by atoms with Crippen molar-refractivity contribution in [2.75, 3.05) is 24.5 Å². The first-order chi connectivity index (χ1) is 10.2. The van der Waals surface area contributed by atoms with Gasteiger partial charge in [-0.2, -0.15) is 0 Å². The van der Waals surface area contributed by atoms with Gasteiger partial charge in [-0.05, 0) is 31.0 Å². The lowest BCUT2D eigenvalue weighted by Gasteiger charge is -2.27. The van der Waals surface area contributed by atoms with Crippen LogP contribution in [0.25, 0.3) is 0 Å². The molecule has 1 aromatic carbocycles. The van der Waals surface area contributed by atoms with E-state index in [2.05, 4.69) is 5.32 Å². The Morgan fingerprint density at radius 2 is 2.14 bits per heavy atom. The Morgan fingerprint density at radius 3 is 2.86 bits per heavy atom. The van der Waals surface area contributed by atoms with Gasteiger partial charge in [0.2, 0.25) is 5.91 Å². The fourth-order valence-electron chi connectivity index (χ4n) is 3.37. The van der Waals surface area contributed by atoms with Crippen LogP contribution < -0.4 is 10.2 Å². The Kier molecular flexibility index (Phi) is 3.92. The minimum atomic E-state index is -0.816. The van der Waals surface area contributed by atoms with Crippen LogP contribution in [0.15, 0.2) is 24.3 Å². The van der Waals surface area contributed by atoms with Crippen LogP contribution in [0.4, 0.5) is 5.69 Å². The molecule has 0 bridgehead atoms. The highest BCUT2D eigenvalue weighted by atomic mass is 16.4. The largest absolute Gasteiger partial charge is 0.481 e. The van der Waals surface area contributed by atoms with E-state index in [-0.39, 0.29) is 24.2 Å². The summed E-state index contributed by atoms with van der Waals surface area (Å²) < 4.78 is 0. The third-order valence-electron chi connectivity index (χ3n) is 4.40. The number of carbonyl (C=O) groups is 2. The van der Waals surface area contributed by atoms with Crippen LogP contribution in [0.2, 0.25) is 0 Å². The van der Waals surface area contributed by atoms with E-state index in [1.807, 2.05) is 24.3 Å². The van der Waals surface area contributed by atoms with Crippen LogP contribution in [-0.4, -0.2) is 36.6 Å². The number of nitrogens with one attached hydrogen (secondary N) is 1. The van der Waals surface area contributed by atoms with Gasteiger partial charge < -0.3 is 15.3 Å². The van der Waals surface area contributed by atoms with E-state index in [0.717, 1.165) is 37.2 Å². The van der Waals surface area contributed by atoms with Crippen molar-refractivity contribution < 1.29 is 14.7 Å². The van der Waals surface area contributed by atoms with E-state index >= 15 is 0 Å². The predicted molar refractivity (Wildman–Crippen MR) is 79.4 cm³/mol. The summed E-state index contributed by atoms with van der Waals surface area (Å²) >= 11 is 0. The van der Waals surface area contributed by atoms with Crippen LogP contribution in [0.5, 0.6) is 0 Å². The number of aliphatic carboxylic acids is 1. The quantitative estimate of drug-likeness (QED) is 0.886. The number of carboxylic acid groups (broad SMARTS) is 1. The number of amides is 1. The molecular weight excluding hydrogens is 268 g/mol. The van der Waals surface area contributed by atoms with E-state index in [4.69, 9.17) is 5.11 Å². The molecule has 3 rings (SSSR count). The number of carbonyl (C=O) groups excluding carboxylic acids is 1. The van der Waals surface area contributed by atoms with Gasteiger partial charge in [0.25, 0.3) is 0 Å². The SMILES string of the molecule is O=C(O)CC1CN(C(=O)C2CCCNC2)c2ccccc21. The molecule has 2 aliphatic heterocycles. The molecule has 2 aliphatic rings. The van der Waals surface area contributed by atoms with Crippen molar-refractivity contribution in [3.8, 4) is 0 Å². The van der Waals surface area contributed by atoms with Gasteiger partial charge in [0.1, 0.15) is 0 Å². The number of hydrogen-bond donors (Lipinski definition) is 2. The molecule has 2 heterocycles. The summed E-state index contributed by atoms with van der Waals surface area (Å²) in [6.45, 7) is 2.18. The Morgan fingerprint density at radius 1 is 1.33 bits per heavy atom. The van der Waals surface area contributed by atoms with Gasteiger partial charge in [-0.3, -0.25) is 9.59 Å². The number of piperidine rings is 1. The van der Waals surface area contributed by atoms with E-state index in [9.17, 15) is 9.59 Å². The molecule has 0 aliphatic carbocycles. The summed E-state index contributed by atoms with van der Waals surface area (Å²) in [6, 6.07) is 7.67. The number of fused-ring (bicyclic) bond motifs is 1. The second-order valence-corrected chi connectivity index (χ2v) is 5.85. The van der Waals surface area contributed by atoms with Crippen LogP contribution in [-0.2, 0) is 9.59 Å². The summed E-state index contributed by atoms with van der Waals surface area (Å²) in [7, 11) is 0. The average molecular weight is 288 g/mol. The number of nitrogens with zero attached hydrogens (tertiary/aromatic N) is 1. The van der Waals surface area contributed by atoms with Gasteiger partial charge in [-0.1, -0.05) is 18.2 Å². The molecule has 2 N–H and O–H groups in total. The van der Waals surface area contributed by atoms with Crippen molar-refractivity contribution in [3.05, 3.63) is 29.8 Å². The van der Waals surface area contributed by atoms with Crippen molar-refractivity contribution in [3.63, 3.8) is 0 Å². The number of rotatable bonds is 3. The van der Waals surface area contributed by atoms with Crippen molar-refractivity contribution in [1.82, 2.24) is 5.32 Å². The van der Waals surface area contributed by atoms with Crippen molar-refractivity contribution in [1.29, 1.82) is 0 Å². The van der Waals surface area contributed by atoms with E-state index < -0.39 is 5.97 Å². The molecule has 0 saturated carbocycles. The normalized spacial score (nSPS) is 24.7. The lowest BCUT2D eigenvalue weighted by Crippen LogP contribution is -2.42. The second-order valence-electron chi connectivity index (χ2n) is 5.85. The van der Waals surface area contributed by atoms with Crippen LogP contribution in [0, 0.1) is 5.92 Å². The first kappa shape index (κ1) is 14.1. The molecule has 0 spiro atoms. The molecule has 0 aromatic heterocycles. The number of hydrogen-bond acceptors (Lipinski definition) is 3. The number of para-hydroxylation sites is 1. The summed E-state index contributed by atoms with van der Waals surface area (Å²) in [5.41, 5.74) is 1.87. The molecule has 1 saturated heterocycles. The standard InChI is InChI=1S/C16H20N2O3/c19-15(20)8-12-10-18(14-6-2-1-5-13(12)14)16(21)11-4-3-7-17-9-11/h1-2,5-6,11-12,17H,3-4,7-10H2,(H,19,20). The molecule has 1 fully saturated rings. The number of benzene rings is 1. The molecule has 2 atom stereocenters. The van der Waals surface area contributed by atoms with Gasteiger partial charge >= 0.3 is 5.97 Å². The maximum Gasteiger partial charge on any atom is 0.304 e. The van der Waals surface area contributed by atoms with Crippen LogP contribution >= 0.6 is 0 Å². The zero-order valence-corrected chi connectivity index (χ0v) is 11.9. The Bertz CT molecular complexity index is 552. The first-order valence-corrected chi connectivity index (χ1v) is 7.49. The van der Waals surface area contributed by atoms with Gasteiger partial charge in [0, 0.05) is 24.7 Å². The van der Waals surface area contributed by atoms with E-state index in [1.54, 1.807) is 4.90 Å². The lowest BCUT2D eigenvalue weighted by atomic mass is 9.98. The summed E-state index contributed by atoms with van der Waals surface area (Å²) in [6.07, 6.45) is 2.00. The summed E-state index contributed by atoms with van der Waals surface area (Å²) in [5, 5.41) is 12.3. The maximum atomic E-state index is 12.7. The molecule has 1 amide bonds. The molecule has 0 radical (unpaired) electrons. The van der Waals surface area contributed by atoms with E-state index in [0.29, 0.717) is 6.54 Å². The van der Waals surface area contributed by atoms with Crippen molar-refractivity contribution in [2.24, 2.45) is 5.92 Å². The molecule has 112 valence electrons. The third kappa shape index (κ3) is 2.78. The highest BCUT2D eigenvalue weighted by Gasteiger charge is 2.36. The zero-order chi connectivity index (χ0) is 14.8. The third-order valence-corrected chi connectivity index (χ3v) is 4.40. The van der Waals surface area contributed by atoms with Gasteiger partial charge in [-0.25, -0.2) is 0 Å². The molecule has 1 aromatic rings. The monoisotopic (exact) mass is 288 g/mol. The summed E-state index contributed by atoms with van der Waals surface area (Å²) in [4.78, 5) is 25.6. The van der Waals surface area contributed by atoms with Gasteiger partial charge in [0.05, 0.1) is 12.3 Å². The van der Waals surface area contributed by atoms with E-state index in [1.165, 1.54) is 0 Å². The fourth-order valence-corrected chi connectivity index (χ4v) is 3.37. The average Bonchev–Trinajstić information content (AvgIpc) is 2.86. The predicted octanol–water partition coefficient (Wildman–Crippen LogP) is 1.59. The molecule has 2 unspecified atom stereocenters. The Balaban J connectivity index is 1.83. The highest BCUT2D eigenvalue weighted by molar-refractivity contribution is 5.97. The molecule has 21 heavy (non-hydrogen) atoms. The smallest absolute Gasteiger partial charge is 0.304 e. The van der Waals surface area contributed by atoms with Crippen LogP contribution in [0.3, 0.4) is 0 Å². The topological polar surface area (TPSA) is 69.6 Å². The first-order valence-electron chi connectivity index (χ1n) is 7.49. The minimum Gasteiger partial charge on any atom is -0.481 e. The summed E-state index contributed by atoms with van der Waals surface area (Å²) in [5.74, 6) is -0.777. The highest BCUT2D eigenvalue weighted by Crippen LogP contribution is 2.39. The Labute approximate surface area is 123 Å². The Hall–Kier alpha value is -1.88. The van der Waals surface area contributed by atoms with Gasteiger partial charge in [0.15, 0.2) is 0 Å². The fraction of sp³-hybridized carbons (Fsp3) is 0.500. The lowest BCUT2D eigenvalue weighted by molar-refractivity contribution is -0.137. The maximum absolute atomic E-state index is 12.7. The second kappa shape index (κ2) is 5.85. The van der Waals surface area contributed by atoms with Crippen LogP contribution in [0.1, 0.15) is 30.7 Å². The zero-order valence-electron chi connectivity index (χ0n) is 11.9. The molecule has 5 heteroatoms. The minimum absolute atomic E-state index is 0.00961.